The second-order valence-corrected chi connectivity index (χ2v) is 10.3. The van der Waals surface area contributed by atoms with E-state index in [0.717, 1.165) is 11.8 Å². The number of aromatic nitrogens is 1. The average molecular weight is 577 g/mol. The molecule has 222 valence electrons. The van der Waals surface area contributed by atoms with Crippen LogP contribution >= 0.6 is 0 Å². The predicted molar refractivity (Wildman–Crippen MR) is 155 cm³/mol. The number of Topliss-reactive ketones (excluding diaryl/α,β-unsaturated/α-hetero) is 1. The number of H-pyrrole nitrogens is 1. The third kappa shape index (κ3) is 7.54. The number of rotatable bonds is 13. The van der Waals surface area contributed by atoms with Crippen LogP contribution in [0.1, 0.15) is 59.9 Å². The van der Waals surface area contributed by atoms with Crippen molar-refractivity contribution >= 4 is 40.4 Å². The molecule has 1 aliphatic rings. The molecule has 42 heavy (non-hydrogen) atoms. The second-order valence-electron chi connectivity index (χ2n) is 10.3. The normalized spacial score (nSPS) is 16.1. The molecule has 3 amide bonds. The fraction of sp³-hybridized carbons (Fsp3) is 0.387. The van der Waals surface area contributed by atoms with Crippen molar-refractivity contribution in [3.05, 3.63) is 65.9 Å². The summed E-state index contributed by atoms with van der Waals surface area (Å²) in [5.74, 6) is -2.35. The number of aromatic amines is 1. The first kappa shape index (κ1) is 30.3. The van der Waals surface area contributed by atoms with E-state index in [4.69, 9.17) is 9.47 Å². The summed E-state index contributed by atoms with van der Waals surface area (Å²) in [5, 5.41) is 9.01. The molecule has 11 nitrogen and oxygen atoms in total. The first-order valence-corrected chi connectivity index (χ1v) is 14.1. The lowest BCUT2D eigenvalue weighted by atomic mass is 9.90. The average Bonchev–Trinajstić information content (AvgIpc) is 3.45. The van der Waals surface area contributed by atoms with Crippen LogP contribution in [0.25, 0.3) is 10.9 Å². The van der Waals surface area contributed by atoms with Crippen LogP contribution in [-0.4, -0.2) is 66.8 Å². The Kier molecular flexibility index (Phi) is 10.3. The summed E-state index contributed by atoms with van der Waals surface area (Å²) in [6.45, 7) is 1.85. The van der Waals surface area contributed by atoms with Crippen molar-refractivity contribution in [3.8, 4) is 5.75 Å². The predicted octanol–water partition coefficient (Wildman–Crippen LogP) is 2.90. The number of hydrogen-bond donors (Lipinski definition) is 4. The molecule has 3 aromatic rings. The number of ether oxygens (including phenoxy) is 2. The number of benzene rings is 2. The molecular weight excluding hydrogens is 540 g/mol. The van der Waals surface area contributed by atoms with Gasteiger partial charge in [0.25, 0.3) is 5.91 Å². The fourth-order valence-corrected chi connectivity index (χ4v) is 5.00. The van der Waals surface area contributed by atoms with E-state index in [1.165, 1.54) is 0 Å². The van der Waals surface area contributed by atoms with Crippen molar-refractivity contribution in [1.82, 2.24) is 20.9 Å². The molecular formula is C31H36N4O7. The second kappa shape index (κ2) is 14.3. The highest BCUT2D eigenvalue weighted by molar-refractivity contribution is 6.02. The maximum atomic E-state index is 13.5. The van der Waals surface area contributed by atoms with Crippen molar-refractivity contribution in [3.63, 3.8) is 0 Å². The molecule has 2 heterocycles. The van der Waals surface area contributed by atoms with E-state index in [2.05, 4.69) is 20.9 Å². The van der Waals surface area contributed by atoms with E-state index in [0.29, 0.717) is 37.1 Å². The number of carbonyl (C=O) groups is 5. The SMILES string of the molecule is CCC[C@H](NC(=O)c1cc2c(OC)cccc2[nH]1)C(=O)N[C@@H](C[C@@H]1CCCNC1=O)C(=O)COC(=O)c1ccccc1. The summed E-state index contributed by atoms with van der Waals surface area (Å²) < 4.78 is 10.6. The topological polar surface area (TPSA) is 156 Å². The zero-order chi connectivity index (χ0) is 30.1. The molecule has 0 unspecified atom stereocenters. The van der Waals surface area contributed by atoms with Gasteiger partial charge in [0, 0.05) is 23.4 Å². The number of fused-ring (bicyclic) bond motifs is 1. The van der Waals surface area contributed by atoms with Crippen LogP contribution in [0.5, 0.6) is 5.75 Å². The van der Waals surface area contributed by atoms with Crippen LogP contribution in [0.3, 0.4) is 0 Å². The standard InChI is InChI=1S/C31H36N4O7/c1-3-9-23(34-30(39)25-17-21-22(33-25)13-7-14-27(21)41-2)29(38)35-24(16-20-12-8-15-32-28(20)37)26(36)18-42-31(40)19-10-5-4-6-11-19/h4-7,10-11,13-14,17,20,23-24,33H,3,8-9,12,15-16,18H2,1-2H3,(H,32,37)(H,34,39)(H,35,38)/t20-,23-,24-/m0/s1. The Labute approximate surface area is 243 Å². The minimum atomic E-state index is -1.09. The number of hydrogen-bond acceptors (Lipinski definition) is 7. The lowest BCUT2D eigenvalue weighted by Crippen LogP contribution is -2.53. The lowest BCUT2D eigenvalue weighted by molar-refractivity contribution is -0.132. The van der Waals surface area contributed by atoms with Gasteiger partial charge in [-0.3, -0.25) is 19.2 Å². The van der Waals surface area contributed by atoms with Gasteiger partial charge in [-0.25, -0.2) is 4.79 Å². The highest BCUT2D eigenvalue weighted by Crippen LogP contribution is 2.26. The van der Waals surface area contributed by atoms with Crippen molar-refractivity contribution in [2.75, 3.05) is 20.3 Å². The Morgan fingerprint density at radius 2 is 1.81 bits per heavy atom. The van der Waals surface area contributed by atoms with Gasteiger partial charge in [-0.05, 0) is 56.0 Å². The Balaban J connectivity index is 1.47. The summed E-state index contributed by atoms with van der Waals surface area (Å²) >= 11 is 0. The van der Waals surface area contributed by atoms with Crippen LogP contribution < -0.4 is 20.7 Å². The number of ketones is 1. The molecule has 0 spiro atoms. The molecule has 4 rings (SSSR count). The quantitative estimate of drug-likeness (QED) is 0.228. The van der Waals surface area contributed by atoms with E-state index >= 15 is 0 Å². The minimum Gasteiger partial charge on any atom is -0.496 e. The van der Waals surface area contributed by atoms with E-state index in [9.17, 15) is 24.0 Å². The Morgan fingerprint density at radius 1 is 1.02 bits per heavy atom. The zero-order valence-corrected chi connectivity index (χ0v) is 23.7. The molecule has 3 atom stereocenters. The Hall–Kier alpha value is -4.67. The molecule has 1 aromatic heterocycles. The summed E-state index contributed by atoms with van der Waals surface area (Å²) in [5.41, 5.74) is 1.25. The molecule has 1 fully saturated rings. The molecule has 4 N–H and O–H groups in total. The third-order valence-corrected chi connectivity index (χ3v) is 7.27. The molecule has 0 saturated carbocycles. The van der Waals surface area contributed by atoms with E-state index in [1.54, 1.807) is 55.6 Å². The van der Waals surface area contributed by atoms with Gasteiger partial charge in [0.05, 0.1) is 18.7 Å². The largest absolute Gasteiger partial charge is 0.496 e. The number of amides is 3. The van der Waals surface area contributed by atoms with Crippen molar-refractivity contribution in [1.29, 1.82) is 0 Å². The first-order chi connectivity index (χ1) is 20.3. The third-order valence-electron chi connectivity index (χ3n) is 7.27. The van der Waals surface area contributed by atoms with Crippen LogP contribution in [0, 0.1) is 5.92 Å². The fourth-order valence-electron chi connectivity index (χ4n) is 5.00. The van der Waals surface area contributed by atoms with Crippen LogP contribution in [0.4, 0.5) is 0 Å². The minimum absolute atomic E-state index is 0.0495. The maximum absolute atomic E-state index is 13.5. The molecule has 11 heteroatoms. The Morgan fingerprint density at radius 3 is 2.52 bits per heavy atom. The van der Waals surface area contributed by atoms with Crippen LogP contribution in [0.15, 0.2) is 54.6 Å². The number of esters is 1. The zero-order valence-electron chi connectivity index (χ0n) is 23.7. The number of nitrogens with one attached hydrogen (secondary N) is 4. The van der Waals surface area contributed by atoms with E-state index < -0.39 is 48.2 Å². The van der Waals surface area contributed by atoms with Gasteiger partial charge in [-0.1, -0.05) is 37.6 Å². The van der Waals surface area contributed by atoms with Gasteiger partial charge in [0.15, 0.2) is 12.4 Å². The van der Waals surface area contributed by atoms with Crippen LogP contribution in [-0.2, 0) is 19.1 Å². The summed E-state index contributed by atoms with van der Waals surface area (Å²) in [6.07, 6.45) is 2.26. The van der Waals surface area contributed by atoms with Gasteiger partial charge >= 0.3 is 5.97 Å². The summed E-state index contributed by atoms with van der Waals surface area (Å²) in [4.78, 5) is 67.8. The smallest absolute Gasteiger partial charge is 0.338 e. The Bertz CT molecular complexity index is 1440. The first-order valence-electron chi connectivity index (χ1n) is 14.1. The number of carbonyl (C=O) groups excluding carboxylic acids is 5. The highest BCUT2D eigenvalue weighted by Gasteiger charge is 2.32. The molecule has 0 radical (unpaired) electrons. The van der Waals surface area contributed by atoms with Crippen LogP contribution in [0.2, 0.25) is 0 Å². The maximum Gasteiger partial charge on any atom is 0.338 e. The van der Waals surface area contributed by atoms with Gasteiger partial charge in [0.1, 0.15) is 17.5 Å². The number of piperidine rings is 1. The van der Waals surface area contributed by atoms with Gasteiger partial charge in [-0.15, -0.1) is 0 Å². The molecule has 1 aliphatic heterocycles. The molecule has 0 aliphatic carbocycles. The number of methoxy groups -OCH3 is 1. The monoisotopic (exact) mass is 576 g/mol. The lowest BCUT2D eigenvalue weighted by Gasteiger charge is -2.27. The van der Waals surface area contributed by atoms with E-state index in [-0.39, 0.29) is 23.6 Å². The molecule has 2 aromatic carbocycles. The van der Waals surface area contributed by atoms with Crippen molar-refractivity contribution in [2.45, 2.75) is 51.1 Å². The van der Waals surface area contributed by atoms with Crippen molar-refractivity contribution in [2.24, 2.45) is 5.92 Å². The summed E-state index contributed by atoms with van der Waals surface area (Å²) in [7, 11) is 1.54. The van der Waals surface area contributed by atoms with Gasteiger partial charge in [0.2, 0.25) is 11.8 Å². The van der Waals surface area contributed by atoms with Gasteiger partial charge < -0.3 is 30.4 Å². The summed E-state index contributed by atoms with van der Waals surface area (Å²) in [6, 6.07) is 13.3. The highest BCUT2D eigenvalue weighted by atomic mass is 16.5. The van der Waals surface area contributed by atoms with E-state index in [1.807, 2.05) is 13.0 Å². The van der Waals surface area contributed by atoms with Crippen molar-refractivity contribution < 1.29 is 33.4 Å². The van der Waals surface area contributed by atoms with Gasteiger partial charge in [-0.2, -0.15) is 0 Å². The molecule has 1 saturated heterocycles. The molecule has 0 bridgehead atoms.